The first-order valence-electron chi connectivity index (χ1n) is 8.61. The summed E-state index contributed by atoms with van der Waals surface area (Å²) in [5.41, 5.74) is 1.70. The first kappa shape index (κ1) is 18.0. The van der Waals surface area contributed by atoms with Gasteiger partial charge in [0, 0.05) is 43.1 Å². The fourth-order valence-corrected chi connectivity index (χ4v) is 3.03. The number of fused-ring (bicyclic) bond motifs is 1. The molecule has 0 aliphatic rings. The summed E-state index contributed by atoms with van der Waals surface area (Å²) in [6.07, 6.45) is 3.59. The third-order valence-corrected chi connectivity index (χ3v) is 4.48. The van der Waals surface area contributed by atoms with E-state index in [4.69, 9.17) is 0 Å². The number of imidazole rings is 1. The van der Waals surface area contributed by atoms with Gasteiger partial charge in [-0.15, -0.1) is 0 Å². The monoisotopic (exact) mass is 357 g/mol. The zero-order valence-electron chi connectivity index (χ0n) is 15.5. The molecular formula is C19H24FN5O. The second-order valence-electron chi connectivity index (χ2n) is 6.95. The average molecular weight is 357 g/mol. The minimum atomic E-state index is -0.274. The van der Waals surface area contributed by atoms with Crippen LogP contribution in [0, 0.1) is 11.7 Å². The number of hydrogen-bond acceptors (Lipinski definition) is 2. The van der Waals surface area contributed by atoms with Gasteiger partial charge < -0.3 is 19.8 Å². The number of hydrogen-bond donors (Lipinski definition) is 2. The number of halogens is 1. The number of aromatic nitrogens is 3. The molecule has 2 heterocycles. The summed E-state index contributed by atoms with van der Waals surface area (Å²) in [6.45, 7) is 4.49. The summed E-state index contributed by atoms with van der Waals surface area (Å²) in [7, 11) is 3.65. The smallest absolute Gasteiger partial charge is 0.318 e. The van der Waals surface area contributed by atoms with Crippen molar-refractivity contribution in [2.45, 2.75) is 26.4 Å². The molecule has 0 radical (unpaired) electrons. The van der Waals surface area contributed by atoms with Gasteiger partial charge in [-0.05, 0) is 30.2 Å². The van der Waals surface area contributed by atoms with Gasteiger partial charge in [-0.2, -0.15) is 0 Å². The van der Waals surface area contributed by atoms with Crippen molar-refractivity contribution in [2.24, 2.45) is 13.0 Å². The maximum absolute atomic E-state index is 13.3. The van der Waals surface area contributed by atoms with Crippen LogP contribution in [0.4, 0.5) is 9.18 Å². The van der Waals surface area contributed by atoms with E-state index in [1.807, 2.05) is 37.7 Å². The number of rotatable bonds is 5. The van der Waals surface area contributed by atoms with Gasteiger partial charge in [0.15, 0.2) is 0 Å². The van der Waals surface area contributed by atoms with Crippen LogP contribution in [0.1, 0.15) is 31.4 Å². The Balaban J connectivity index is 1.70. The van der Waals surface area contributed by atoms with Crippen LogP contribution < -0.4 is 5.32 Å². The maximum Gasteiger partial charge on any atom is 0.318 e. The zero-order valence-corrected chi connectivity index (χ0v) is 15.5. The van der Waals surface area contributed by atoms with E-state index in [2.05, 4.69) is 15.3 Å². The number of nitrogens with one attached hydrogen (secondary N) is 2. The van der Waals surface area contributed by atoms with E-state index in [-0.39, 0.29) is 23.8 Å². The number of amides is 2. The third kappa shape index (κ3) is 3.71. The van der Waals surface area contributed by atoms with Crippen LogP contribution in [0.2, 0.25) is 0 Å². The summed E-state index contributed by atoms with van der Waals surface area (Å²) >= 11 is 0. The predicted octanol–water partition coefficient (Wildman–Crippen LogP) is 3.58. The number of aromatic amines is 1. The molecule has 1 atom stereocenters. The molecular weight excluding hydrogens is 333 g/mol. The molecule has 7 heteroatoms. The molecule has 0 spiro atoms. The summed E-state index contributed by atoms with van der Waals surface area (Å²) in [5.74, 6) is 0.747. The SMILES string of the molecule is CC(C)C(NC(=O)N(C)Cc1cc2cc(F)ccc2[nH]1)c1nccn1C. The normalized spacial score (nSPS) is 12.5. The second kappa shape index (κ2) is 7.19. The standard InChI is InChI=1S/C19H24FN5O/c1-12(2)17(18-21-7-8-24(18)3)23-19(26)25(4)11-15-10-13-9-14(20)5-6-16(13)22-15/h5-10,12,17,22H,11H2,1-4H3,(H,23,26). The Morgan fingerprint density at radius 3 is 2.81 bits per heavy atom. The molecule has 0 saturated carbocycles. The molecule has 0 fully saturated rings. The van der Waals surface area contributed by atoms with Gasteiger partial charge in [-0.25, -0.2) is 14.2 Å². The molecule has 3 rings (SSSR count). The molecule has 0 bridgehead atoms. The summed E-state index contributed by atoms with van der Waals surface area (Å²) in [5, 5.41) is 3.85. The van der Waals surface area contributed by atoms with Crippen molar-refractivity contribution in [1.29, 1.82) is 0 Å². The summed E-state index contributed by atoms with van der Waals surface area (Å²) < 4.78 is 15.2. The molecule has 0 aliphatic carbocycles. The molecule has 2 aromatic heterocycles. The maximum atomic E-state index is 13.3. The van der Waals surface area contributed by atoms with Crippen LogP contribution in [0.15, 0.2) is 36.7 Å². The van der Waals surface area contributed by atoms with Crippen molar-refractivity contribution in [1.82, 2.24) is 24.8 Å². The number of urea groups is 1. The van der Waals surface area contributed by atoms with Crippen molar-refractivity contribution in [3.05, 3.63) is 54.0 Å². The molecule has 1 unspecified atom stereocenters. The lowest BCUT2D eigenvalue weighted by molar-refractivity contribution is 0.197. The highest BCUT2D eigenvalue weighted by molar-refractivity contribution is 5.80. The molecule has 26 heavy (non-hydrogen) atoms. The van der Waals surface area contributed by atoms with E-state index in [1.165, 1.54) is 12.1 Å². The highest BCUT2D eigenvalue weighted by Crippen LogP contribution is 2.21. The molecule has 6 nitrogen and oxygen atoms in total. The molecule has 2 amide bonds. The molecule has 3 aromatic rings. The number of benzene rings is 1. The van der Waals surface area contributed by atoms with Crippen molar-refractivity contribution in [3.8, 4) is 0 Å². The Morgan fingerprint density at radius 2 is 2.15 bits per heavy atom. The van der Waals surface area contributed by atoms with Gasteiger partial charge in [0.25, 0.3) is 0 Å². The van der Waals surface area contributed by atoms with Gasteiger partial charge in [0.05, 0.1) is 12.6 Å². The van der Waals surface area contributed by atoms with E-state index in [0.29, 0.717) is 6.54 Å². The highest BCUT2D eigenvalue weighted by atomic mass is 19.1. The first-order valence-corrected chi connectivity index (χ1v) is 8.61. The number of carbonyl (C=O) groups excluding carboxylic acids is 1. The summed E-state index contributed by atoms with van der Waals surface area (Å²) in [4.78, 5) is 21.8. The molecule has 0 aliphatic heterocycles. The fraction of sp³-hybridized carbons (Fsp3) is 0.368. The Morgan fingerprint density at radius 1 is 1.38 bits per heavy atom. The summed E-state index contributed by atoms with van der Waals surface area (Å²) in [6, 6.07) is 6.09. The van der Waals surface area contributed by atoms with Crippen LogP contribution in [0.25, 0.3) is 10.9 Å². The number of nitrogens with zero attached hydrogens (tertiary/aromatic N) is 3. The second-order valence-corrected chi connectivity index (χ2v) is 6.95. The predicted molar refractivity (Wildman–Crippen MR) is 99.0 cm³/mol. The third-order valence-electron chi connectivity index (χ3n) is 4.48. The molecule has 0 saturated heterocycles. The number of carbonyl (C=O) groups is 1. The Labute approximate surface area is 152 Å². The van der Waals surface area contributed by atoms with Gasteiger partial charge in [0.1, 0.15) is 11.6 Å². The van der Waals surface area contributed by atoms with Crippen LogP contribution in [-0.2, 0) is 13.6 Å². The Hall–Kier alpha value is -2.83. The highest BCUT2D eigenvalue weighted by Gasteiger charge is 2.23. The van der Waals surface area contributed by atoms with Crippen LogP contribution >= 0.6 is 0 Å². The van der Waals surface area contributed by atoms with E-state index in [1.54, 1.807) is 24.2 Å². The Kier molecular flexibility index (Phi) is 4.97. The lowest BCUT2D eigenvalue weighted by atomic mass is 10.0. The van der Waals surface area contributed by atoms with Crippen molar-refractivity contribution >= 4 is 16.9 Å². The van der Waals surface area contributed by atoms with Crippen LogP contribution in [0.5, 0.6) is 0 Å². The molecule has 2 N–H and O–H groups in total. The van der Waals surface area contributed by atoms with E-state index in [9.17, 15) is 9.18 Å². The average Bonchev–Trinajstić information content (AvgIpc) is 3.17. The van der Waals surface area contributed by atoms with E-state index in [0.717, 1.165) is 22.4 Å². The van der Waals surface area contributed by atoms with Gasteiger partial charge in [0.2, 0.25) is 0 Å². The molecule has 138 valence electrons. The quantitative estimate of drug-likeness (QED) is 0.733. The van der Waals surface area contributed by atoms with Gasteiger partial charge in [-0.1, -0.05) is 13.8 Å². The lowest BCUT2D eigenvalue weighted by Crippen LogP contribution is -2.41. The van der Waals surface area contributed by atoms with E-state index >= 15 is 0 Å². The minimum Gasteiger partial charge on any atom is -0.357 e. The zero-order chi connectivity index (χ0) is 18.8. The Bertz CT molecular complexity index is 914. The minimum absolute atomic E-state index is 0.179. The van der Waals surface area contributed by atoms with Crippen molar-refractivity contribution in [2.75, 3.05) is 7.05 Å². The fourth-order valence-electron chi connectivity index (χ4n) is 3.03. The van der Waals surface area contributed by atoms with Crippen LogP contribution in [-0.4, -0.2) is 32.5 Å². The molecule has 1 aromatic carbocycles. The van der Waals surface area contributed by atoms with Crippen LogP contribution in [0.3, 0.4) is 0 Å². The lowest BCUT2D eigenvalue weighted by Gasteiger charge is -2.25. The van der Waals surface area contributed by atoms with Crippen molar-refractivity contribution < 1.29 is 9.18 Å². The number of aryl methyl sites for hydroxylation is 1. The largest absolute Gasteiger partial charge is 0.357 e. The van der Waals surface area contributed by atoms with Crippen molar-refractivity contribution in [3.63, 3.8) is 0 Å². The van der Waals surface area contributed by atoms with Gasteiger partial charge >= 0.3 is 6.03 Å². The number of H-pyrrole nitrogens is 1. The van der Waals surface area contributed by atoms with Gasteiger partial charge in [-0.3, -0.25) is 0 Å². The first-order chi connectivity index (χ1) is 12.3. The topological polar surface area (TPSA) is 66.0 Å². The van der Waals surface area contributed by atoms with E-state index < -0.39 is 0 Å².